The zero-order valence-corrected chi connectivity index (χ0v) is 42.0. The van der Waals surface area contributed by atoms with Gasteiger partial charge in [-0.1, -0.05) is 48.5 Å². The molecule has 6 aromatic rings. The first-order valence-corrected chi connectivity index (χ1v) is 23.7. The van der Waals surface area contributed by atoms with Crippen molar-refractivity contribution in [2.75, 3.05) is 11.1 Å². The van der Waals surface area contributed by atoms with Crippen molar-refractivity contribution in [3.05, 3.63) is 143 Å². The number of nitrogens with zero attached hydrogens (tertiary/aromatic N) is 2. The van der Waals surface area contributed by atoms with E-state index >= 15 is 0 Å². The normalized spacial score (nSPS) is 16.5. The Morgan fingerprint density at radius 3 is 1.57 bits per heavy atom. The lowest BCUT2D eigenvalue weighted by Gasteiger charge is -2.19. The molecule has 74 heavy (non-hydrogen) atoms. The average Bonchev–Trinajstić information content (AvgIpc) is 4.25. The highest BCUT2D eigenvalue weighted by atomic mass is 35.5. The van der Waals surface area contributed by atoms with Crippen molar-refractivity contribution in [3.8, 4) is 45.5 Å². The number of esters is 2. The molecule has 19 heteroatoms. The Kier molecular flexibility index (Phi) is 13.9. The molecule has 0 atom stereocenters. The van der Waals surface area contributed by atoms with Gasteiger partial charge in [0.05, 0.1) is 33.3 Å². The van der Waals surface area contributed by atoms with Crippen LogP contribution in [-0.4, -0.2) is 56.8 Å². The maximum Gasteiger partial charge on any atom is 0.586 e. The van der Waals surface area contributed by atoms with Crippen molar-refractivity contribution in [2.24, 2.45) is 0 Å². The second kappa shape index (κ2) is 19.6. The summed E-state index contributed by atoms with van der Waals surface area (Å²) in [7, 11) is 0. The summed E-state index contributed by atoms with van der Waals surface area (Å²) in [5.41, 5.74) is 8.98. The van der Waals surface area contributed by atoms with E-state index in [1.54, 1.807) is 87.5 Å². The number of aryl methyl sites for hydroxylation is 1. The number of pyridine rings is 2. The van der Waals surface area contributed by atoms with Crippen molar-refractivity contribution in [3.63, 3.8) is 0 Å². The molecule has 10 rings (SSSR count). The summed E-state index contributed by atoms with van der Waals surface area (Å²) in [6.45, 7) is 12.9. The number of amides is 1. The zero-order chi connectivity index (χ0) is 53.6. The molecular weight excluding hydrogens is 988 g/mol. The van der Waals surface area contributed by atoms with E-state index in [2.05, 4.69) is 34.2 Å². The number of carbonyl (C=O) groups is 4. The van der Waals surface area contributed by atoms with E-state index in [9.17, 15) is 36.7 Å². The van der Waals surface area contributed by atoms with Gasteiger partial charge in [-0.2, -0.15) is 0 Å². The Morgan fingerprint density at radius 1 is 0.595 bits per heavy atom. The lowest BCUT2D eigenvalue weighted by atomic mass is 9.94. The molecule has 4 aromatic carbocycles. The van der Waals surface area contributed by atoms with Crippen LogP contribution in [0.1, 0.15) is 105 Å². The van der Waals surface area contributed by atoms with Crippen molar-refractivity contribution in [1.29, 1.82) is 0 Å². The maximum atomic E-state index is 13.4. The van der Waals surface area contributed by atoms with E-state index in [0.29, 0.717) is 70.8 Å². The van der Waals surface area contributed by atoms with Crippen LogP contribution in [0, 0.1) is 6.92 Å². The molecule has 3 N–H and O–H groups in total. The zero-order valence-electron chi connectivity index (χ0n) is 41.2. The predicted molar refractivity (Wildman–Crippen MR) is 265 cm³/mol. The standard InChI is InChI=1S/C27H24F2N2O5.C17H20N2O2.C11H7ClF2O3/c1-25(2,3)36-23(32)17-7-4-6-16(14-17)19-8-5-9-22(30-19)31-24(33)26(12-13-26)18-10-11-20-21(15-18)35-27(28,29)34-20;1-11-8-9-14(18)19-15(11)12-6-5-7-13(10-12)16(20)21-17(2,3)4;12-9(15)10(3-4-10)6-1-2-7-8(5-6)17-11(13,14)16-7/h4-11,14-15H,12-13H2,1-3H3,(H,30,31,33);5-10H,1-4H3,(H2,18,19);1-2,5H,3-4H2. The van der Waals surface area contributed by atoms with Gasteiger partial charge in [-0.3, -0.25) is 9.59 Å². The fourth-order valence-electron chi connectivity index (χ4n) is 8.00. The molecule has 2 aromatic heterocycles. The minimum Gasteiger partial charge on any atom is -0.456 e. The molecular formula is C55H51ClF4N4O10. The highest BCUT2D eigenvalue weighted by molar-refractivity contribution is 6.66. The summed E-state index contributed by atoms with van der Waals surface area (Å²) >= 11 is 5.51. The van der Waals surface area contributed by atoms with Gasteiger partial charge >= 0.3 is 24.5 Å². The molecule has 2 aliphatic heterocycles. The fourth-order valence-corrected chi connectivity index (χ4v) is 8.30. The Bertz CT molecular complexity index is 3180. The van der Waals surface area contributed by atoms with Crippen LogP contribution in [0.3, 0.4) is 0 Å². The molecule has 0 unspecified atom stereocenters. The summed E-state index contributed by atoms with van der Waals surface area (Å²) in [5.74, 6) is -0.535. The number of hydrogen-bond acceptors (Lipinski definition) is 13. The largest absolute Gasteiger partial charge is 0.586 e. The Labute approximate surface area is 428 Å². The fraction of sp³-hybridized carbons (Fsp3) is 0.309. The van der Waals surface area contributed by atoms with E-state index < -0.39 is 45.8 Å². The first kappa shape index (κ1) is 52.6. The number of ether oxygens (including phenoxy) is 6. The maximum absolute atomic E-state index is 13.4. The monoisotopic (exact) mass is 1040 g/mol. The van der Waals surface area contributed by atoms with Crippen LogP contribution in [0.5, 0.6) is 23.0 Å². The first-order valence-electron chi connectivity index (χ1n) is 23.3. The summed E-state index contributed by atoms with van der Waals surface area (Å²) in [4.78, 5) is 58.0. The van der Waals surface area contributed by atoms with Gasteiger partial charge < -0.3 is 39.5 Å². The van der Waals surface area contributed by atoms with Gasteiger partial charge in [0.1, 0.15) is 22.8 Å². The lowest BCUT2D eigenvalue weighted by molar-refractivity contribution is -0.287. The smallest absolute Gasteiger partial charge is 0.456 e. The van der Waals surface area contributed by atoms with Gasteiger partial charge in [0.15, 0.2) is 23.0 Å². The number of benzene rings is 4. The topological polar surface area (TPSA) is 187 Å². The quantitative estimate of drug-likeness (QED) is 0.0792. The second-order valence-electron chi connectivity index (χ2n) is 20.0. The van der Waals surface area contributed by atoms with Crippen LogP contribution < -0.4 is 30.0 Å². The summed E-state index contributed by atoms with van der Waals surface area (Å²) in [6, 6.07) is 31.7. The molecule has 2 aliphatic carbocycles. The third-order valence-corrected chi connectivity index (χ3v) is 12.3. The third kappa shape index (κ3) is 12.2. The van der Waals surface area contributed by atoms with Crippen LogP contribution in [0.15, 0.2) is 115 Å². The van der Waals surface area contributed by atoms with Crippen molar-refractivity contribution in [1.82, 2.24) is 9.97 Å². The van der Waals surface area contributed by atoms with Gasteiger partial charge in [-0.15, -0.1) is 17.6 Å². The van der Waals surface area contributed by atoms with Crippen molar-refractivity contribution in [2.45, 2.75) is 109 Å². The van der Waals surface area contributed by atoms with Crippen LogP contribution in [-0.2, 0) is 29.9 Å². The van der Waals surface area contributed by atoms with Gasteiger partial charge in [-0.25, -0.2) is 19.6 Å². The number of fused-ring (bicyclic) bond motifs is 2. The van der Waals surface area contributed by atoms with E-state index in [-0.39, 0.29) is 34.9 Å². The minimum absolute atomic E-state index is 0.0310. The number of halogens is 5. The van der Waals surface area contributed by atoms with E-state index in [0.717, 1.165) is 16.8 Å². The number of anilines is 2. The van der Waals surface area contributed by atoms with Crippen LogP contribution in [0.25, 0.3) is 22.5 Å². The Hall–Kier alpha value is -7.73. The molecule has 386 valence electrons. The number of nitrogens with two attached hydrogens (primary N) is 1. The number of carbonyl (C=O) groups excluding carboxylic acids is 4. The SMILES string of the molecule is CC(C)(C)OC(=O)c1cccc(-c2cccc(NC(=O)C3(c4ccc5c(c4)OC(F)(F)O5)CC3)n2)c1.Cc1ccc(N)nc1-c1cccc(C(=O)OC(C)(C)C)c1.O=C(Cl)C1(c2ccc3c(c2)OC(F)(F)O3)CC1. The van der Waals surface area contributed by atoms with Gasteiger partial charge in [0.2, 0.25) is 11.1 Å². The molecule has 4 aliphatic rings. The van der Waals surface area contributed by atoms with Gasteiger partial charge in [0.25, 0.3) is 0 Å². The van der Waals surface area contributed by atoms with Gasteiger partial charge in [0, 0.05) is 11.1 Å². The molecule has 2 fully saturated rings. The second-order valence-corrected chi connectivity index (χ2v) is 20.4. The van der Waals surface area contributed by atoms with Gasteiger partial charge in [-0.05, 0) is 169 Å². The van der Waals surface area contributed by atoms with E-state index in [1.807, 2.05) is 52.0 Å². The first-order chi connectivity index (χ1) is 34.6. The Morgan fingerprint density at radius 2 is 1.07 bits per heavy atom. The van der Waals surface area contributed by atoms with Crippen LogP contribution in [0.4, 0.5) is 29.2 Å². The van der Waals surface area contributed by atoms with Crippen LogP contribution in [0.2, 0.25) is 0 Å². The highest BCUT2D eigenvalue weighted by Crippen LogP contribution is 2.54. The molecule has 1 amide bonds. The molecule has 14 nitrogen and oxygen atoms in total. The number of rotatable bonds is 9. The van der Waals surface area contributed by atoms with E-state index in [1.165, 1.54) is 24.3 Å². The van der Waals surface area contributed by atoms with Crippen molar-refractivity contribution >= 4 is 46.3 Å². The highest BCUT2D eigenvalue weighted by Gasteiger charge is 2.54. The summed E-state index contributed by atoms with van der Waals surface area (Å²) in [6.07, 6.45) is -4.97. The molecule has 0 spiro atoms. The average molecular weight is 1040 g/mol. The van der Waals surface area contributed by atoms with Crippen molar-refractivity contribution < 1.29 is 65.2 Å². The molecule has 2 saturated carbocycles. The number of aromatic nitrogens is 2. The lowest BCUT2D eigenvalue weighted by Crippen LogP contribution is -2.28. The van der Waals surface area contributed by atoms with Crippen LogP contribution >= 0.6 is 11.6 Å². The molecule has 0 radical (unpaired) electrons. The molecule has 0 saturated heterocycles. The third-order valence-electron chi connectivity index (χ3n) is 11.9. The van der Waals surface area contributed by atoms with E-state index in [4.69, 9.17) is 26.8 Å². The summed E-state index contributed by atoms with van der Waals surface area (Å²) in [5, 5.41) is 2.37. The molecule has 0 bridgehead atoms. The summed E-state index contributed by atoms with van der Waals surface area (Å²) < 4.78 is 80.8. The predicted octanol–water partition coefficient (Wildman–Crippen LogP) is 12.1. The number of nitrogens with one attached hydrogen (secondary N) is 1. The number of alkyl halides is 4. The Balaban J connectivity index is 0.000000162. The minimum atomic E-state index is -3.72. The number of hydrogen-bond donors (Lipinski definition) is 2. The number of nitrogen functional groups attached to an aromatic ring is 1. The molecule has 4 heterocycles.